The summed E-state index contributed by atoms with van der Waals surface area (Å²) in [7, 11) is 0. The lowest BCUT2D eigenvalue weighted by molar-refractivity contribution is 0.174. The van der Waals surface area contributed by atoms with Gasteiger partial charge in [0.15, 0.2) is 11.5 Å². The third kappa shape index (κ3) is 2.85. The summed E-state index contributed by atoms with van der Waals surface area (Å²) in [5, 5.41) is 12.4. The highest BCUT2D eigenvalue weighted by Gasteiger charge is 2.16. The van der Waals surface area contributed by atoms with E-state index in [2.05, 4.69) is 15.5 Å². The number of halogens is 1. The second kappa shape index (κ2) is 5.88. The number of hydrogen-bond acceptors (Lipinski definition) is 6. The van der Waals surface area contributed by atoms with Gasteiger partial charge in [0.1, 0.15) is 5.82 Å². The van der Waals surface area contributed by atoms with E-state index >= 15 is 0 Å². The first-order valence-electron chi connectivity index (χ1n) is 6.85. The van der Waals surface area contributed by atoms with Crippen LogP contribution in [0.25, 0.3) is 5.69 Å². The first-order valence-corrected chi connectivity index (χ1v) is 7.84. The van der Waals surface area contributed by atoms with E-state index in [0.29, 0.717) is 22.4 Å². The van der Waals surface area contributed by atoms with Crippen molar-refractivity contribution in [2.45, 2.75) is 10.9 Å². The molecule has 3 aromatic rings. The molecular weight excluding hydrogens is 319 g/mol. The number of rotatable bonds is 4. The zero-order valence-corrected chi connectivity index (χ0v) is 12.7. The number of ether oxygens (including phenoxy) is 2. The van der Waals surface area contributed by atoms with E-state index in [9.17, 15) is 4.39 Å². The first-order chi connectivity index (χ1) is 11.3. The van der Waals surface area contributed by atoms with E-state index in [-0.39, 0.29) is 12.6 Å². The van der Waals surface area contributed by atoms with Crippen molar-refractivity contribution in [1.82, 2.24) is 20.2 Å². The Morgan fingerprint density at radius 2 is 1.91 bits per heavy atom. The second-order valence-electron chi connectivity index (χ2n) is 4.83. The van der Waals surface area contributed by atoms with Crippen molar-refractivity contribution in [2.75, 3.05) is 6.79 Å². The third-order valence-electron chi connectivity index (χ3n) is 3.32. The van der Waals surface area contributed by atoms with Crippen molar-refractivity contribution in [3.05, 3.63) is 53.8 Å². The fraction of sp³-hybridized carbons (Fsp3) is 0.133. The molecule has 6 nitrogen and oxygen atoms in total. The van der Waals surface area contributed by atoms with Gasteiger partial charge in [-0.2, -0.15) is 4.68 Å². The molecule has 1 aliphatic heterocycles. The number of thioether (sulfide) groups is 1. The number of benzene rings is 2. The van der Waals surface area contributed by atoms with Gasteiger partial charge in [-0.3, -0.25) is 0 Å². The van der Waals surface area contributed by atoms with Gasteiger partial charge in [-0.25, -0.2) is 4.39 Å². The van der Waals surface area contributed by atoms with Crippen molar-refractivity contribution in [1.29, 1.82) is 0 Å². The molecule has 0 radical (unpaired) electrons. The smallest absolute Gasteiger partial charge is 0.231 e. The number of tetrazole rings is 1. The fourth-order valence-electron chi connectivity index (χ4n) is 2.18. The summed E-state index contributed by atoms with van der Waals surface area (Å²) in [4.78, 5) is 0. The predicted octanol–water partition coefficient (Wildman–Crippen LogP) is 2.82. The van der Waals surface area contributed by atoms with Gasteiger partial charge in [0.25, 0.3) is 0 Å². The van der Waals surface area contributed by atoms with Gasteiger partial charge in [0, 0.05) is 11.8 Å². The van der Waals surface area contributed by atoms with Crippen molar-refractivity contribution in [3.8, 4) is 17.2 Å². The van der Waals surface area contributed by atoms with Crippen LogP contribution in [-0.4, -0.2) is 27.0 Å². The van der Waals surface area contributed by atoms with Crippen LogP contribution in [-0.2, 0) is 5.75 Å². The lowest BCUT2D eigenvalue weighted by atomic mass is 10.2. The zero-order valence-electron chi connectivity index (χ0n) is 11.8. The highest BCUT2D eigenvalue weighted by molar-refractivity contribution is 7.98. The molecule has 0 N–H and O–H groups in total. The maximum Gasteiger partial charge on any atom is 0.231 e. The molecule has 0 spiro atoms. The van der Waals surface area contributed by atoms with E-state index in [1.807, 2.05) is 18.2 Å². The second-order valence-corrected chi connectivity index (χ2v) is 5.77. The zero-order chi connectivity index (χ0) is 15.6. The number of aromatic nitrogens is 4. The standard InChI is InChI=1S/C15H11FN4O2S/c16-11-3-1-10(2-4-11)8-23-15-17-18-19-20(15)12-5-6-13-14(7-12)22-9-21-13/h1-7H,8-9H2. The Morgan fingerprint density at radius 1 is 1.09 bits per heavy atom. The molecule has 0 saturated heterocycles. The molecule has 0 bridgehead atoms. The quantitative estimate of drug-likeness (QED) is 0.686. The van der Waals surface area contributed by atoms with Gasteiger partial charge in [-0.1, -0.05) is 23.9 Å². The van der Waals surface area contributed by atoms with Gasteiger partial charge < -0.3 is 9.47 Å². The van der Waals surface area contributed by atoms with Crippen LogP contribution >= 0.6 is 11.8 Å². The number of nitrogens with zero attached hydrogens (tertiary/aromatic N) is 4. The highest BCUT2D eigenvalue weighted by atomic mass is 32.2. The minimum absolute atomic E-state index is 0.223. The van der Waals surface area contributed by atoms with Gasteiger partial charge in [-0.15, -0.1) is 5.10 Å². The summed E-state index contributed by atoms with van der Waals surface area (Å²) >= 11 is 1.47. The van der Waals surface area contributed by atoms with Gasteiger partial charge in [-0.05, 0) is 40.3 Å². The minimum Gasteiger partial charge on any atom is -0.454 e. The van der Waals surface area contributed by atoms with Gasteiger partial charge in [0.05, 0.1) is 5.69 Å². The number of hydrogen-bond donors (Lipinski definition) is 0. The normalized spacial score (nSPS) is 12.6. The average Bonchev–Trinajstić information content (AvgIpc) is 3.22. The molecule has 0 atom stereocenters. The Balaban J connectivity index is 1.55. The first kappa shape index (κ1) is 14.0. The summed E-state index contributed by atoms with van der Waals surface area (Å²) in [5.74, 6) is 1.78. The van der Waals surface area contributed by atoms with Crippen molar-refractivity contribution in [2.24, 2.45) is 0 Å². The highest BCUT2D eigenvalue weighted by Crippen LogP contribution is 2.34. The summed E-state index contributed by atoms with van der Waals surface area (Å²) in [6.07, 6.45) is 0. The van der Waals surface area contributed by atoms with E-state index in [1.165, 1.54) is 23.9 Å². The topological polar surface area (TPSA) is 62.1 Å². The van der Waals surface area contributed by atoms with E-state index < -0.39 is 0 Å². The lowest BCUT2D eigenvalue weighted by Gasteiger charge is -2.05. The van der Waals surface area contributed by atoms with Crippen LogP contribution in [0.5, 0.6) is 11.5 Å². The molecule has 2 heterocycles. The number of fused-ring (bicyclic) bond motifs is 1. The molecule has 8 heteroatoms. The van der Waals surface area contributed by atoms with Crippen LogP contribution in [0.15, 0.2) is 47.6 Å². The maximum atomic E-state index is 12.9. The molecule has 0 fully saturated rings. The molecule has 0 aliphatic carbocycles. The van der Waals surface area contributed by atoms with Crippen LogP contribution in [0.2, 0.25) is 0 Å². The van der Waals surface area contributed by atoms with Crippen LogP contribution in [0.1, 0.15) is 5.56 Å². The van der Waals surface area contributed by atoms with Crippen LogP contribution in [0.3, 0.4) is 0 Å². The molecule has 4 rings (SSSR count). The Morgan fingerprint density at radius 3 is 2.78 bits per heavy atom. The third-order valence-corrected chi connectivity index (χ3v) is 4.31. The summed E-state index contributed by atoms with van der Waals surface area (Å²) in [6.45, 7) is 0.223. The molecule has 116 valence electrons. The van der Waals surface area contributed by atoms with Crippen LogP contribution < -0.4 is 9.47 Å². The average molecular weight is 330 g/mol. The van der Waals surface area contributed by atoms with E-state index in [4.69, 9.17) is 9.47 Å². The molecule has 0 unspecified atom stereocenters. The molecule has 1 aliphatic rings. The van der Waals surface area contributed by atoms with Crippen molar-refractivity contribution < 1.29 is 13.9 Å². The van der Waals surface area contributed by atoms with Crippen molar-refractivity contribution in [3.63, 3.8) is 0 Å². The van der Waals surface area contributed by atoms with E-state index in [0.717, 1.165) is 11.3 Å². The maximum absolute atomic E-state index is 12.9. The molecule has 23 heavy (non-hydrogen) atoms. The van der Waals surface area contributed by atoms with E-state index in [1.54, 1.807) is 16.8 Å². The Hall–Kier alpha value is -2.61. The summed E-state index contributed by atoms with van der Waals surface area (Å²) in [5.41, 5.74) is 1.79. The summed E-state index contributed by atoms with van der Waals surface area (Å²) in [6, 6.07) is 11.9. The molecule has 1 aromatic heterocycles. The molecule has 0 saturated carbocycles. The Labute approximate surface area is 135 Å². The summed E-state index contributed by atoms with van der Waals surface area (Å²) < 4.78 is 25.2. The monoisotopic (exact) mass is 330 g/mol. The fourth-order valence-corrected chi connectivity index (χ4v) is 3.02. The lowest BCUT2D eigenvalue weighted by Crippen LogP contribution is -1.99. The van der Waals surface area contributed by atoms with Gasteiger partial charge in [0.2, 0.25) is 11.9 Å². The Bertz CT molecular complexity index is 838. The molecular formula is C15H11FN4O2S. The minimum atomic E-state index is -0.246. The van der Waals surface area contributed by atoms with Crippen LogP contribution in [0.4, 0.5) is 4.39 Å². The predicted molar refractivity (Wildman–Crippen MR) is 81.2 cm³/mol. The van der Waals surface area contributed by atoms with Crippen LogP contribution in [0, 0.1) is 5.82 Å². The van der Waals surface area contributed by atoms with Crippen molar-refractivity contribution >= 4 is 11.8 Å². The Kier molecular flexibility index (Phi) is 3.58. The van der Waals surface area contributed by atoms with Gasteiger partial charge >= 0.3 is 0 Å². The molecule has 0 amide bonds. The SMILES string of the molecule is Fc1ccc(CSc2nnnn2-c2ccc3c(c2)OCO3)cc1. The molecule has 2 aromatic carbocycles. The largest absolute Gasteiger partial charge is 0.454 e.